The first-order valence-corrected chi connectivity index (χ1v) is 16.4. The number of nitro benzene ring substituents is 1. The Bertz CT molecular complexity index is 1670. The number of halogens is 1. The molecule has 2 N–H and O–H groups in total. The van der Waals surface area contributed by atoms with Crippen molar-refractivity contribution in [3.05, 3.63) is 85.4 Å². The van der Waals surface area contributed by atoms with Crippen molar-refractivity contribution >= 4 is 43.9 Å². The quantitative estimate of drug-likeness (QED) is 0.0944. The molecule has 0 aromatic heterocycles. The maximum Gasteiger partial charge on any atom is 0.339 e. The summed E-state index contributed by atoms with van der Waals surface area (Å²) in [5.74, 6) is -0.0470. The summed E-state index contributed by atoms with van der Waals surface area (Å²) in [7, 11) is -4.35. The van der Waals surface area contributed by atoms with Gasteiger partial charge in [0, 0.05) is 18.6 Å². The summed E-state index contributed by atoms with van der Waals surface area (Å²) in [6, 6.07) is 11.2. The number of nitrogens with one attached hydrogen (secondary N) is 1. The number of benzene rings is 3. The van der Waals surface area contributed by atoms with E-state index in [1.807, 2.05) is 53.7 Å². The van der Waals surface area contributed by atoms with Gasteiger partial charge in [-0.25, -0.2) is 5.43 Å². The first-order valence-electron chi connectivity index (χ1n) is 14.2. The fourth-order valence-corrected chi connectivity index (χ4v) is 5.98. The van der Waals surface area contributed by atoms with E-state index in [0.717, 1.165) is 41.0 Å². The molecule has 11 nitrogen and oxygen atoms in total. The molecular weight excluding hydrogens is 666 g/mol. The molecule has 0 bridgehead atoms. The van der Waals surface area contributed by atoms with Gasteiger partial charge >= 0.3 is 10.1 Å². The van der Waals surface area contributed by atoms with Crippen molar-refractivity contribution in [1.29, 1.82) is 0 Å². The largest absolute Gasteiger partial charge is 0.507 e. The number of carbonyl (C=O) groups is 1. The average molecular weight is 705 g/mol. The van der Waals surface area contributed by atoms with Crippen LogP contribution < -0.4 is 14.3 Å². The zero-order chi connectivity index (χ0) is 33.7. The topological polar surface area (TPSA) is 157 Å². The molecule has 0 atom stereocenters. The standard InChI is InChI=1S/C32H38BrN3O8S/c1-8-43-27-18-21(17-26(33)30(27)44-45(41,42)23-12-10-22(11-13-23)36(39)40)19-34-35-28(37)14-9-20-15-24(31(2,3)4)29(38)25(16-20)32(5,6)7/h10-13,15-19,38H,8-9,14H2,1-7H3,(H,35,37)/b34-19-. The minimum atomic E-state index is -4.35. The van der Waals surface area contributed by atoms with Gasteiger partial charge in [-0.05, 0) is 86.6 Å². The lowest BCUT2D eigenvalue weighted by Gasteiger charge is -2.28. The van der Waals surface area contributed by atoms with Gasteiger partial charge in [0.1, 0.15) is 10.6 Å². The van der Waals surface area contributed by atoms with E-state index in [-0.39, 0.29) is 62.1 Å². The minimum Gasteiger partial charge on any atom is -0.507 e. The third-order valence-electron chi connectivity index (χ3n) is 6.69. The second kappa shape index (κ2) is 14.0. The van der Waals surface area contributed by atoms with E-state index in [1.165, 1.54) is 18.3 Å². The maximum atomic E-state index is 12.9. The van der Waals surface area contributed by atoms with E-state index >= 15 is 0 Å². The van der Waals surface area contributed by atoms with Gasteiger partial charge in [-0.2, -0.15) is 13.5 Å². The molecule has 0 aliphatic heterocycles. The van der Waals surface area contributed by atoms with Crippen LogP contribution in [0, 0.1) is 10.1 Å². The first-order chi connectivity index (χ1) is 20.8. The van der Waals surface area contributed by atoms with Gasteiger partial charge in [0.15, 0.2) is 11.5 Å². The normalized spacial score (nSPS) is 12.3. The van der Waals surface area contributed by atoms with Crippen LogP contribution in [0.1, 0.15) is 77.1 Å². The van der Waals surface area contributed by atoms with Crippen LogP contribution in [0.15, 0.2) is 63.0 Å². The van der Waals surface area contributed by atoms with Crippen molar-refractivity contribution in [2.24, 2.45) is 5.10 Å². The second-order valence-corrected chi connectivity index (χ2v) is 14.8. The molecule has 1 amide bonds. The molecule has 0 saturated carbocycles. The van der Waals surface area contributed by atoms with E-state index in [2.05, 4.69) is 26.5 Å². The zero-order valence-corrected chi connectivity index (χ0v) is 28.7. The molecule has 13 heteroatoms. The summed E-state index contributed by atoms with van der Waals surface area (Å²) in [5, 5.41) is 25.9. The highest BCUT2D eigenvalue weighted by molar-refractivity contribution is 9.10. The number of non-ortho nitro benzene ring substituents is 1. The van der Waals surface area contributed by atoms with E-state index in [9.17, 15) is 28.4 Å². The molecule has 242 valence electrons. The molecule has 0 heterocycles. The number of hydrogen-bond donors (Lipinski definition) is 2. The molecule has 3 aromatic carbocycles. The number of aromatic hydroxyl groups is 1. The van der Waals surface area contributed by atoms with Gasteiger partial charge in [-0.15, -0.1) is 0 Å². The van der Waals surface area contributed by atoms with Crippen LogP contribution in [0.4, 0.5) is 5.69 Å². The molecule has 0 aliphatic carbocycles. The number of amides is 1. The third-order valence-corrected chi connectivity index (χ3v) is 8.51. The molecule has 0 fully saturated rings. The number of carbonyl (C=O) groups excluding carboxylic acids is 1. The first kappa shape index (κ1) is 35.5. The summed E-state index contributed by atoms with van der Waals surface area (Å²) in [5.41, 5.74) is 4.76. The van der Waals surface area contributed by atoms with Gasteiger partial charge < -0.3 is 14.0 Å². The van der Waals surface area contributed by atoms with Gasteiger partial charge in [-0.3, -0.25) is 14.9 Å². The Hall–Kier alpha value is -3.97. The SMILES string of the molecule is CCOc1cc(/C=N\NC(=O)CCc2cc(C(C)(C)C)c(O)c(C(C)(C)C)c2)cc(Br)c1OS(=O)(=O)c1ccc([N+](=O)[O-])cc1. The molecule has 45 heavy (non-hydrogen) atoms. The summed E-state index contributed by atoms with van der Waals surface area (Å²) in [4.78, 5) is 22.6. The van der Waals surface area contributed by atoms with Crippen molar-refractivity contribution in [2.45, 2.75) is 77.0 Å². The highest BCUT2D eigenvalue weighted by Gasteiger charge is 2.27. The number of phenolic OH excluding ortho intramolecular Hbond substituents is 1. The predicted molar refractivity (Wildman–Crippen MR) is 176 cm³/mol. The molecule has 0 radical (unpaired) electrons. The van der Waals surface area contributed by atoms with Crippen molar-refractivity contribution < 1.29 is 32.2 Å². The van der Waals surface area contributed by atoms with Gasteiger partial charge in [0.25, 0.3) is 5.69 Å². The van der Waals surface area contributed by atoms with E-state index in [4.69, 9.17) is 8.92 Å². The maximum absolute atomic E-state index is 12.9. The summed E-state index contributed by atoms with van der Waals surface area (Å²) < 4.78 is 37.0. The van der Waals surface area contributed by atoms with Crippen LogP contribution in [0.5, 0.6) is 17.2 Å². The smallest absolute Gasteiger partial charge is 0.339 e. The minimum absolute atomic E-state index is 0.0989. The van der Waals surface area contributed by atoms with Crippen molar-refractivity contribution in [3.63, 3.8) is 0 Å². The van der Waals surface area contributed by atoms with Crippen LogP contribution >= 0.6 is 15.9 Å². The zero-order valence-electron chi connectivity index (χ0n) is 26.3. The molecule has 0 saturated heterocycles. The average Bonchev–Trinajstić information content (AvgIpc) is 2.93. The number of nitrogens with zero attached hydrogens (tertiary/aromatic N) is 2. The Labute approximate surface area is 272 Å². The fraction of sp³-hybridized carbons (Fsp3) is 0.375. The lowest BCUT2D eigenvalue weighted by molar-refractivity contribution is -0.384. The number of ether oxygens (including phenoxy) is 1. The third kappa shape index (κ3) is 9.27. The summed E-state index contributed by atoms with van der Waals surface area (Å²) in [6.45, 7) is 14.1. The van der Waals surface area contributed by atoms with Crippen LogP contribution in [0.25, 0.3) is 0 Å². The number of aryl methyl sites for hydroxylation is 1. The molecule has 0 unspecified atom stereocenters. The lowest BCUT2D eigenvalue weighted by Crippen LogP contribution is -2.20. The summed E-state index contributed by atoms with van der Waals surface area (Å²) in [6.07, 6.45) is 2.00. The number of phenols is 1. The highest BCUT2D eigenvalue weighted by Crippen LogP contribution is 2.40. The van der Waals surface area contributed by atoms with E-state index < -0.39 is 15.0 Å². The van der Waals surface area contributed by atoms with E-state index in [0.29, 0.717) is 12.0 Å². The van der Waals surface area contributed by atoms with Crippen LogP contribution in [0.3, 0.4) is 0 Å². The Morgan fingerprint density at radius 3 is 2.13 bits per heavy atom. The van der Waals surface area contributed by atoms with Crippen molar-refractivity contribution in [1.82, 2.24) is 5.43 Å². The molecule has 0 aliphatic rings. The van der Waals surface area contributed by atoms with Crippen molar-refractivity contribution in [2.75, 3.05) is 6.61 Å². The van der Waals surface area contributed by atoms with Crippen LogP contribution in [-0.4, -0.2) is 37.2 Å². The second-order valence-electron chi connectivity index (χ2n) is 12.4. The van der Waals surface area contributed by atoms with Gasteiger partial charge in [0.2, 0.25) is 5.91 Å². The van der Waals surface area contributed by atoms with Crippen molar-refractivity contribution in [3.8, 4) is 17.2 Å². The Balaban J connectivity index is 1.74. The molecular formula is C32H38BrN3O8S. The molecule has 0 spiro atoms. The van der Waals surface area contributed by atoms with Crippen LogP contribution in [0.2, 0.25) is 0 Å². The number of rotatable bonds is 11. The fourth-order valence-electron chi connectivity index (χ4n) is 4.37. The van der Waals surface area contributed by atoms with Gasteiger partial charge in [0.05, 0.1) is 22.2 Å². The van der Waals surface area contributed by atoms with E-state index in [1.54, 1.807) is 6.92 Å². The Morgan fingerprint density at radius 1 is 1.04 bits per heavy atom. The summed E-state index contributed by atoms with van der Waals surface area (Å²) >= 11 is 3.31. The predicted octanol–water partition coefficient (Wildman–Crippen LogP) is 6.91. The van der Waals surface area contributed by atoms with Gasteiger partial charge in [-0.1, -0.05) is 53.7 Å². The lowest BCUT2D eigenvalue weighted by atomic mass is 9.78. The van der Waals surface area contributed by atoms with Crippen LogP contribution in [-0.2, 0) is 32.2 Å². The number of hydrogen-bond acceptors (Lipinski definition) is 9. The molecule has 3 rings (SSSR count). The Morgan fingerprint density at radius 2 is 1.62 bits per heavy atom. The Kier molecular flexibility index (Phi) is 11.0. The monoisotopic (exact) mass is 703 g/mol. The molecule has 3 aromatic rings. The number of nitro groups is 1. The highest BCUT2D eigenvalue weighted by atomic mass is 79.9. The number of hydrazone groups is 1.